The average molecular weight is 239 g/mol. The van der Waals surface area contributed by atoms with E-state index in [1.807, 2.05) is 6.07 Å². The molecule has 16 heavy (non-hydrogen) atoms. The van der Waals surface area contributed by atoms with Crippen LogP contribution >= 0.6 is 11.3 Å². The van der Waals surface area contributed by atoms with Gasteiger partial charge in [-0.05, 0) is 38.1 Å². The summed E-state index contributed by atoms with van der Waals surface area (Å²) >= 11 is 1.73. The molecule has 1 aromatic heterocycles. The van der Waals surface area contributed by atoms with Crippen molar-refractivity contribution in [2.24, 2.45) is 0 Å². The van der Waals surface area contributed by atoms with Gasteiger partial charge in [0.1, 0.15) is 0 Å². The van der Waals surface area contributed by atoms with Crippen molar-refractivity contribution in [2.75, 3.05) is 5.73 Å². The molecular weight excluding hydrogens is 218 g/mol. The summed E-state index contributed by atoms with van der Waals surface area (Å²) in [5.74, 6) is 0. The zero-order valence-electron chi connectivity index (χ0n) is 10.1. The fraction of sp³-hybridized carbons (Fsp3) is 0.667. The van der Waals surface area contributed by atoms with Gasteiger partial charge in [0.05, 0.1) is 0 Å². The minimum absolute atomic E-state index is 0.630. The summed E-state index contributed by atoms with van der Waals surface area (Å²) in [4.78, 5) is 1.24. The third kappa shape index (κ3) is 2.56. The number of piperidine rings is 1. The van der Waals surface area contributed by atoms with Gasteiger partial charge in [0.2, 0.25) is 0 Å². The number of hydrogen-bond acceptors (Lipinski definition) is 4. The normalized spacial score (nSPS) is 27.1. The van der Waals surface area contributed by atoms with Crippen molar-refractivity contribution in [3.05, 3.63) is 16.3 Å². The predicted octanol–water partition coefficient (Wildman–Crippen LogP) is 2.60. The van der Waals surface area contributed by atoms with Gasteiger partial charge < -0.3 is 5.73 Å². The summed E-state index contributed by atoms with van der Waals surface area (Å²) in [5, 5.41) is 4.44. The Labute approximate surface area is 102 Å². The minimum atomic E-state index is 0.630. The van der Waals surface area contributed by atoms with Crippen LogP contribution in [-0.4, -0.2) is 17.1 Å². The predicted molar refractivity (Wildman–Crippen MR) is 70.2 cm³/mol. The molecule has 2 rings (SSSR count). The van der Waals surface area contributed by atoms with Crippen LogP contribution in [0, 0.1) is 0 Å². The quantitative estimate of drug-likeness (QED) is 0.852. The monoisotopic (exact) mass is 239 g/mol. The number of hydrazine groups is 1. The van der Waals surface area contributed by atoms with E-state index < -0.39 is 0 Å². The lowest BCUT2D eigenvalue weighted by atomic mass is 10.00. The molecule has 0 radical (unpaired) electrons. The van der Waals surface area contributed by atoms with E-state index in [4.69, 9.17) is 5.73 Å². The third-order valence-corrected chi connectivity index (χ3v) is 4.33. The molecule has 0 saturated carbocycles. The number of nitrogens with one attached hydrogen (secondary N) is 1. The van der Waals surface area contributed by atoms with E-state index in [-0.39, 0.29) is 0 Å². The fourth-order valence-electron chi connectivity index (χ4n) is 2.39. The highest BCUT2D eigenvalue weighted by atomic mass is 32.1. The van der Waals surface area contributed by atoms with E-state index in [0.717, 1.165) is 12.2 Å². The van der Waals surface area contributed by atoms with Gasteiger partial charge in [0.25, 0.3) is 0 Å². The van der Waals surface area contributed by atoms with Crippen LogP contribution in [0.4, 0.5) is 5.69 Å². The zero-order chi connectivity index (χ0) is 11.5. The maximum Gasteiger partial charge on any atom is 0.0469 e. The number of nitrogens with zero attached hydrogens (tertiary/aromatic N) is 1. The van der Waals surface area contributed by atoms with E-state index in [1.165, 1.54) is 24.1 Å². The van der Waals surface area contributed by atoms with E-state index in [2.05, 4.69) is 29.7 Å². The van der Waals surface area contributed by atoms with Gasteiger partial charge in [0, 0.05) is 29.2 Å². The van der Waals surface area contributed by atoms with Crippen molar-refractivity contribution < 1.29 is 0 Å². The van der Waals surface area contributed by atoms with Crippen LogP contribution < -0.4 is 11.2 Å². The van der Waals surface area contributed by atoms with Crippen molar-refractivity contribution in [3.8, 4) is 0 Å². The first-order chi connectivity index (χ1) is 7.68. The Morgan fingerprint density at radius 3 is 2.69 bits per heavy atom. The fourth-order valence-corrected chi connectivity index (χ4v) is 3.12. The Morgan fingerprint density at radius 1 is 1.44 bits per heavy atom. The zero-order valence-corrected chi connectivity index (χ0v) is 10.9. The van der Waals surface area contributed by atoms with Crippen LogP contribution in [0.15, 0.2) is 11.4 Å². The van der Waals surface area contributed by atoms with Crippen molar-refractivity contribution >= 4 is 17.0 Å². The highest BCUT2D eigenvalue weighted by molar-refractivity contribution is 7.10. The van der Waals surface area contributed by atoms with Gasteiger partial charge in [0.15, 0.2) is 0 Å². The summed E-state index contributed by atoms with van der Waals surface area (Å²) < 4.78 is 0. The number of thiophene rings is 1. The van der Waals surface area contributed by atoms with Gasteiger partial charge in [-0.15, -0.1) is 11.3 Å². The number of hydrogen-bond donors (Lipinski definition) is 2. The van der Waals surface area contributed by atoms with Crippen molar-refractivity contribution in [1.82, 2.24) is 10.4 Å². The summed E-state index contributed by atoms with van der Waals surface area (Å²) in [6, 6.07) is 3.24. The first kappa shape index (κ1) is 11.9. The lowest BCUT2D eigenvalue weighted by Crippen LogP contribution is -2.51. The molecule has 1 saturated heterocycles. The van der Waals surface area contributed by atoms with Crippen LogP contribution in [-0.2, 0) is 6.54 Å². The largest absolute Gasteiger partial charge is 0.398 e. The molecule has 4 heteroatoms. The third-order valence-electron chi connectivity index (χ3n) is 3.40. The molecule has 2 heterocycles. The minimum Gasteiger partial charge on any atom is -0.398 e. The lowest BCUT2D eigenvalue weighted by Gasteiger charge is -2.39. The number of nitrogens with two attached hydrogens (primary N) is 1. The average Bonchev–Trinajstić information content (AvgIpc) is 2.64. The smallest absolute Gasteiger partial charge is 0.0469 e. The van der Waals surface area contributed by atoms with Gasteiger partial charge in [-0.1, -0.05) is 6.42 Å². The van der Waals surface area contributed by atoms with Gasteiger partial charge in [-0.3, -0.25) is 0 Å². The molecule has 1 aliphatic rings. The first-order valence-corrected chi connectivity index (χ1v) is 6.90. The van der Waals surface area contributed by atoms with Gasteiger partial charge in [-0.25, -0.2) is 10.4 Å². The number of anilines is 1. The standard InChI is InChI=1S/C12H21N3S/c1-9-4-3-5-10(2)15(9)14-8-12-11(13)6-7-16-12/h6-7,9-10,14H,3-5,8,13H2,1-2H3. The second-order valence-electron chi connectivity index (χ2n) is 4.67. The Bertz CT molecular complexity index is 327. The Hall–Kier alpha value is -0.580. The van der Waals surface area contributed by atoms with Crippen molar-refractivity contribution in [2.45, 2.75) is 51.7 Å². The van der Waals surface area contributed by atoms with E-state index in [0.29, 0.717) is 12.1 Å². The highest BCUT2D eigenvalue weighted by Gasteiger charge is 2.24. The van der Waals surface area contributed by atoms with E-state index in [1.54, 1.807) is 11.3 Å². The van der Waals surface area contributed by atoms with Crippen LogP contribution in [0.2, 0.25) is 0 Å². The summed E-state index contributed by atoms with van der Waals surface area (Å²) in [6.45, 7) is 5.44. The molecule has 0 aromatic carbocycles. The molecule has 0 spiro atoms. The van der Waals surface area contributed by atoms with Crippen molar-refractivity contribution in [1.29, 1.82) is 0 Å². The first-order valence-electron chi connectivity index (χ1n) is 6.02. The van der Waals surface area contributed by atoms with Crippen LogP contribution in [0.3, 0.4) is 0 Å². The molecule has 1 aromatic rings. The molecule has 0 amide bonds. The van der Waals surface area contributed by atoms with Crippen LogP contribution in [0.1, 0.15) is 38.0 Å². The van der Waals surface area contributed by atoms with E-state index in [9.17, 15) is 0 Å². The van der Waals surface area contributed by atoms with Crippen LogP contribution in [0.25, 0.3) is 0 Å². The summed E-state index contributed by atoms with van der Waals surface area (Å²) in [5.41, 5.74) is 10.3. The van der Waals surface area contributed by atoms with Gasteiger partial charge in [-0.2, -0.15) is 0 Å². The Kier molecular flexibility index (Phi) is 3.84. The SMILES string of the molecule is CC1CCCC(C)N1NCc1sccc1N. The maximum atomic E-state index is 5.88. The molecule has 1 fully saturated rings. The molecule has 0 aliphatic carbocycles. The maximum absolute atomic E-state index is 5.88. The summed E-state index contributed by atoms with van der Waals surface area (Å²) in [6.07, 6.45) is 3.93. The van der Waals surface area contributed by atoms with Crippen LogP contribution in [0.5, 0.6) is 0 Å². The highest BCUT2D eigenvalue weighted by Crippen LogP contribution is 2.22. The summed E-state index contributed by atoms with van der Waals surface area (Å²) in [7, 11) is 0. The molecule has 2 unspecified atom stereocenters. The number of rotatable bonds is 3. The molecular formula is C12H21N3S. The second-order valence-corrected chi connectivity index (χ2v) is 5.67. The molecule has 90 valence electrons. The lowest BCUT2D eigenvalue weighted by molar-refractivity contribution is 0.0440. The Morgan fingerprint density at radius 2 is 2.12 bits per heavy atom. The van der Waals surface area contributed by atoms with E-state index >= 15 is 0 Å². The molecule has 1 aliphatic heterocycles. The molecule has 3 N–H and O–H groups in total. The second kappa shape index (κ2) is 5.17. The molecule has 0 bridgehead atoms. The Balaban J connectivity index is 1.91. The van der Waals surface area contributed by atoms with Crippen molar-refractivity contribution in [3.63, 3.8) is 0 Å². The topological polar surface area (TPSA) is 41.3 Å². The molecule has 2 atom stereocenters. The number of nitrogen functional groups attached to an aromatic ring is 1. The molecule has 3 nitrogen and oxygen atoms in total. The van der Waals surface area contributed by atoms with Gasteiger partial charge >= 0.3 is 0 Å².